The average Bonchev–Trinajstić information content (AvgIpc) is 2.88. The SMILES string of the molecule is O=C(O)CC1(c2c(F)c(Br)cc3c2OCO3)CC1. The molecule has 1 aliphatic carbocycles. The van der Waals surface area contributed by atoms with E-state index in [1.165, 1.54) is 6.07 Å². The van der Waals surface area contributed by atoms with Gasteiger partial charge in [0.15, 0.2) is 11.5 Å². The second-order valence-electron chi connectivity index (χ2n) is 4.63. The van der Waals surface area contributed by atoms with Crippen molar-refractivity contribution in [2.24, 2.45) is 0 Å². The van der Waals surface area contributed by atoms with Crippen LogP contribution in [0.4, 0.5) is 4.39 Å². The molecule has 1 aliphatic heterocycles. The van der Waals surface area contributed by atoms with Crippen LogP contribution in [0, 0.1) is 5.82 Å². The number of fused-ring (bicyclic) bond motifs is 1. The Balaban J connectivity index is 2.14. The maximum absolute atomic E-state index is 14.3. The predicted molar refractivity (Wildman–Crippen MR) is 63.4 cm³/mol. The molecule has 0 radical (unpaired) electrons. The van der Waals surface area contributed by atoms with Crippen molar-refractivity contribution in [2.75, 3.05) is 6.79 Å². The van der Waals surface area contributed by atoms with E-state index in [1.54, 1.807) is 0 Å². The Morgan fingerprint density at radius 3 is 2.83 bits per heavy atom. The first kappa shape index (κ1) is 11.8. The number of carboxylic acids is 1. The number of ether oxygens (including phenoxy) is 2. The average molecular weight is 317 g/mol. The third-order valence-electron chi connectivity index (χ3n) is 3.43. The molecule has 2 aliphatic rings. The predicted octanol–water partition coefficient (Wildman–Crippen LogP) is 2.82. The molecule has 0 spiro atoms. The van der Waals surface area contributed by atoms with Gasteiger partial charge in [-0.15, -0.1) is 0 Å². The van der Waals surface area contributed by atoms with Gasteiger partial charge in [-0.25, -0.2) is 4.39 Å². The summed E-state index contributed by atoms with van der Waals surface area (Å²) in [7, 11) is 0. The molecule has 1 aromatic carbocycles. The van der Waals surface area contributed by atoms with Crippen LogP contribution in [-0.2, 0) is 10.2 Å². The van der Waals surface area contributed by atoms with E-state index in [0.717, 1.165) is 0 Å². The van der Waals surface area contributed by atoms with Crippen molar-refractivity contribution in [3.05, 3.63) is 21.9 Å². The van der Waals surface area contributed by atoms with E-state index in [9.17, 15) is 9.18 Å². The molecule has 1 aromatic rings. The minimum Gasteiger partial charge on any atom is -0.481 e. The van der Waals surface area contributed by atoms with Gasteiger partial charge in [-0.2, -0.15) is 0 Å². The van der Waals surface area contributed by atoms with Gasteiger partial charge >= 0.3 is 5.97 Å². The van der Waals surface area contributed by atoms with Gasteiger partial charge in [0.25, 0.3) is 0 Å². The van der Waals surface area contributed by atoms with Gasteiger partial charge < -0.3 is 14.6 Å². The fraction of sp³-hybridized carbons (Fsp3) is 0.417. The van der Waals surface area contributed by atoms with Crippen LogP contribution < -0.4 is 9.47 Å². The number of aliphatic carboxylic acids is 1. The molecule has 1 N–H and O–H groups in total. The van der Waals surface area contributed by atoms with E-state index >= 15 is 0 Å². The van der Waals surface area contributed by atoms with E-state index in [4.69, 9.17) is 14.6 Å². The van der Waals surface area contributed by atoms with Crippen molar-refractivity contribution in [3.8, 4) is 11.5 Å². The fourth-order valence-electron chi connectivity index (χ4n) is 2.42. The number of hydrogen-bond acceptors (Lipinski definition) is 3. The maximum atomic E-state index is 14.3. The summed E-state index contributed by atoms with van der Waals surface area (Å²) in [5.74, 6) is -0.554. The van der Waals surface area contributed by atoms with Gasteiger partial charge in [0.1, 0.15) is 5.82 Å². The molecule has 1 fully saturated rings. The van der Waals surface area contributed by atoms with Crippen LogP contribution in [0.1, 0.15) is 24.8 Å². The smallest absolute Gasteiger partial charge is 0.304 e. The molecule has 1 heterocycles. The minimum absolute atomic E-state index is 0.0430. The van der Waals surface area contributed by atoms with Crippen LogP contribution in [0.15, 0.2) is 10.5 Å². The summed E-state index contributed by atoms with van der Waals surface area (Å²) in [6, 6.07) is 1.51. The number of carboxylic acid groups (broad SMARTS) is 1. The number of hydrogen-bond donors (Lipinski definition) is 1. The molecular weight excluding hydrogens is 307 g/mol. The highest BCUT2D eigenvalue weighted by molar-refractivity contribution is 9.10. The van der Waals surface area contributed by atoms with Crippen LogP contribution >= 0.6 is 15.9 Å². The zero-order valence-corrected chi connectivity index (χ0v) is 10.9. The lowest BCUT2D eigenvalue weighted by atomic mass is 9.91. The molecule has 0 aromatic heterocycles. The van der Waals surface area contributed by atoms with Gasteiger partial charge in [-0.1, -0.05) is 0 Å². The normalized spacial score (nSPS) is 18.8. The van der Waals surface area contributed by atoms with E-state index in [0.29, 0.717) is 29.9 Å². The third kappa shape index (κ3) is 1.67. The molecule has 6 heteroatoms. The summed E-state index contributed by atoms with van der Waals surface area (Å²) in [5, 5.41) is 8.95. The second kappa shape index (κ2) is 3.85. The lowest BCUT2D eigenvalue weighted by Gasteiger charge is -2.17. The highest BCUT2D eigenvalue weighted by atomic mass is 79.9. The largest absolute Gasteiger partial charge is 0.481 e. The van der Waals surface area contributed by atoms with Crippen molar-refractivity contribution < 1.29 is 23.8 Å². The molecule has 1 saturated carbocycles. The van der Waals surface area contributed by atoms with Gasteiger partial charge in [-0.05, 0) is 28.8 Å². The van der Waals surface area contributed by atoms with Gasteiger partial charge in [0.05, 0.1) is 10.9 Å². The van der Waals surface area contributed by atoms with E-state index < -0.39 is 17.2 Å². The molecule has 18 heavy (non-hydrogen) atoms. The zero-order valence-electron chi connectivity index (χ0n) is 9.33. The number of rotatable bonds is 3. The summed E-state index contributed by atoms with van der Waals surface area (Å²) in [6.07, 6.45) is 1.22. The van der Waals surface area contributed by atoms with Gasteiger partial charge in [0.2, 0.25) is 6.79 Å². The Morgan fingerprint density at radius 2 is 2.22 bits per heavy atom. The van der Waals surface area contributed by atoms with E-state index in [2.05, 4.69) is 15.9 Å². The van der Waals surface area contributed by atoms with Crippen molar-refractivity contribution in [1.29, 1.82) is 0 Å². The number of carbonyl (C=O) groups is 1. The molecule has 0 saturated heterocycles. The molecule has 0 bridgehead atoms. The Kier molecular flexibility index (Phi) is 2.52. The lowest BCUT2D eigenvalue weighted by Crippen LogP contribution is -2.16. The molecule has 4 nitrogen and oxygen atoms in total. The zero-order chi connectivity index (χ0) is 12.9. The lowest BCUT2D eigenvalue weighted by molar-refractivity contribution is -0.137. The summed E-state index contributed by atoms with van der Waals surface area (Å²) in [4.78, 5) is 10.9. The van der Waals surface area contributed by atoms with Crippen molar-refractivity contribution >= 4 is 21.9 Å². The molecular formula is C12H10BrFO4. The van der Waals surface area contributed by atoms with Crippen molar-refractivity contribution in [1.82, 2.24) is 0 Å². The Bertz CT molecular complexity index is 539. The van der Waals surface area contributed by atoms with Gasteiger partial charge in [-0.3, -0.25) is 4.79 Å². The van der Waals surface area contributed by atoms with Gasteiger partial charge in [0, 0.05) is 17.0 Å². The highest BCUT2D eigenvalue weighted by Crippen LogP contribution is 2.58. The summed E-state index contributed by atoms with van der Waals surface area (Å²) in [5.41, 5.74) is -0.302. The summed E-state index contributed by atoms with van der Waals surface area (Å²) < 4.78 is 25.1. The molecule has 96 valence electrons. The molecule has 0 atom stereocenters. The Labute approximate surface area is 111 Å². The number of benzene rings is 1. The topological polar surface area (TPSA) is 55.8 Å². The van der Waals surface area contributed by atoms with Crippen LogP contribution in [0.3, 0.4) is 0 Å². The molecule has 3 rings (SSSR count). The molecule has 0 unspecified atom stereocenters. The van der Waals surface area contributed by atoms with Crippen LogP contribution in [0.2, 0.25) is 0 Å². The first-order valence-electron chi connectivity index (χ1n) is 5.53. The summed E-state index contributed by atoms with van der Waals surface area (Å²) in [6.45, 7) is 0.0430. The Morgan fingerprint density at radius 1 is 1.50 bits per heavy atom. The van der Waals surface area contributed by atoms with Crippen LogP contribution in [0.25, 0.3) is 0 Å². The Hall–Kier alpha value is -1.30. The summed E-state index contributed by atoms with van der Waals surface area (Å²) >= 11 is 3.13. The van der Waals surface area contributed by atoms with Crippen LogP contribution in [-0.4, -0.2) is 17.9 Å². The van der Waals surface area contributed by atoms with E-state index in [-0.39, 0.29) is 17.7 Å². The minimum atomic E-state index is -0.931. The monoisotopic (exact) mass is 316 g/mol. The standard InChI is InChI=1S/C12H10BrFO4/c13-6-3-7-11(18-5-17-7)9(10(6)14)12(1-2-12)4-8(15)16/h3H,1-2,4-5H2,(H,15,16). The fourth-order valence-corrected chi connectivity index (χ4v) is 2.82. The number of halogens is 2. The quantitative estimate of drug-likeness (QED) is 0.931. The second-order valence-corrected chi connectivity index (χ2v) is 5.49. The first-order valence-corrected chi connectivity index (χ1v) is 6.33. The van der Waals surface area contributed by atoms with Crippen molar-refractivity contribution in [3.63, 3.8) is 0 Å². The molecule has 0 amide bonds. The van der Waals surface area contributed by atoms with E-state index in [1.807, 2.05) is 0 Å². The maximum Gasteiger partial charge on any atom is 0.304 e. The van der Waals surface area contributed by atoms with Crippen molar-refractivity contribution in [2.45, 2.75) is 24.7 Å². The van der Waals surface area contributed by atoms with Crippen LogP contribution in [0.5, 0.6) is 11.5 Å². The first-order chi connectivity index (χ1) is 8.53. The highest BCUT2D eigenvalue weighted by Gasteiger charge is 2.51. The third-order valence-corrected chi connectivity index (χ3v) is 4.01.